The monoisotopic (exact) mass is 232 g/mol. The van der Waals surface area contributed by atoms with E-state index in [0.29, 0.717) is 18.9 Å². The lowest BCUT2D eigenvalue weighted by molar-refractivity contribution is 0.270. The van der Waals surface area contributed by atoms with E-state index < -0.39 is 0 Å². The molecule has 0 atom stereocenters. The van der Waals surface area contributed by atoms with Crippen molar-refractivity contribution in [1.29, 1.82) is 0 Å². The summed E-state index contributed by atoms with van der Waals surface area (Å²) in [6.07, 6.45) is 1.67. The minimum absolute atomic E-state index is 0.0318. The molecule has 0 aliphatic carbocycles. The van der Waals surface area contributed by atoms with Gasteiger partial charge in [-0.15, -0.1) is 0 Å². The van der Waals surface area contributed by atoms with E-state index in [2.05, 4.69) is 10.4 Å². The summed E-state index contributed by atoms with van der Waals surface area (Å²) in [7, 11) is 0. The van der Waals surface area contributed by atoms with Gasteiger partial charge in [-0.1, -0.05) is 30.3 Å². The van der Waals surface area contributed by atoms with Crippen LogP contribution in [0, 0.1) is 0 Å². The Hall–Kier alpha value is -2.01. The van der Waals surface area contributed by atoms with Gasteiger partial charge in [0.25, 0.3) is 0 Å². The topological polar surface area (TPSA) is 76.1 Å². The first-order valence-electron chi connectivity index (χ1n) is 5.51. The van der Waals surface area contributed by atoms with Crippen LogP contribution in [0.25, 0.3) is 0 Å². The molecule has 17 heavy (non-hydrogen) atoms. The summed E-state index contributed by atoms with van der Waals surface area (Å²) in [4.78, 5) is 0. The molecule has 5 nitrogen and oxygen atoms in total. The molecule has 0 aliphatic rings. The van der Waals surface area contributed by atoms with E-state index in [0.717, 1.165) is 5.69 Å². The predicted octanol–water partition coefficient (Wildman–Crippen LogP) is 1.07. The number of aliphatic hydroxyl groups is 1. The van der Waals surface area contributed by atoms with Gasteiger partial charge in [-0.25, -0.2) is 4.68 Å². The van der Waals surface area contributed by atoms with E-state index in [4.69, 9.17) is 10.8 Å². The molecule has 0 unspecified atom stereocenters. The number of rotatable bonds is 5. The number of nitrogen functional groups attached to an aromatic ring is 1. The number of nitrogens with two attached hydrogens (primary N) is 1. The lowest BCUT2D eigenvalue weighted by atomic mass is 10.2. The van der Waals surface area contributed by atoms with Gasteiger partial charge in [0.15, 0.2) is 0 Å². The minimum atomic E-state index is 0.0318. The van der Waals surface area contributed by atoms with Crippen molar-refractivity contribution >= 4 is 11.5 Å². The third kappa shape index (κ3) is 2.76. The molecule has 1 aromatic heterocycles. The quantitative estimate of drug-likeness (QED) is 0.720. The maximum absolute atomic E-state index is 8.82. The highest BCUT2D eigenvalue weighted by atomic mass is 16.3. The highest BCUT2D eigenvalue weighted by Gasteiger charge is 2.05. The molecular weight excluding hydrogens is 216 g/mol. The molecule has 0 aliphatic heterocycles. The summed E-state index contributed by atoms with van der Waals surface area (Å²) in [5.41, 5.74) is 7.86. The Bertz CT molecular complexity index is 467. The number of hydrogen-bond donors (Lipinski definition) is 3. The van der Waals surface area contributed by atoms with Gasteiger partial charge < -0.3 is 16.2 Å². The second-order valence-corrected chi connectivity index (χ2v) is 3.73. The van der Waals surface area contributed by atoms with Crippen molar-refractivity contribution in [2.75, 3.05) is 17.7 Å². The van der Waals surface area contributed by atoms with Crippen molar-refractivity contribution in [3.8, 4) is 0 Å². The fraction of sp³-hybridized carbons (Fsp3) is 0.250. The van der Waals surface area contributed by atoms with Crippen molar-refractivity contribution in [3.05, 3.63) is 42.1 Å². The fourth-order valence-electron chi connectivity index (χ4n) is 1.60. The van der Waals surface area contributed by atoms with Crippen LogP contribution in [0.4, 0.5) is 11.5 Å². The maximum atomic E-state index is 8.82. The number of anilines is 2. The van der Waals surface area contributed by atoms with E-state index in [1.165, 1.54) is 5.56 Å². The zero-order chi connectivity index (χ0) is 12.1. The normalized spacial score (nSPS) is 10.4. The first-order valence-corrected chi connectivity index (χ1v) is 5.51. The van der Waals surface area contributed by atoms with Crippen LogP contribution in [0.2, 0.25) is 0 Å². The molecule has 0 spiro atoms. The standard InChI is InChI=1S/C12H16N4O/c13-12-11(9-15-16(12)6-7-17)14-8-10-4-2-1-3-5-10/h1-5,9,14,17H,6-8,13H2. The summed E-state index contributed by atoms with van der Waals surface area (Å²) < 4.78 is 1.58. The molecule has 0 amide bonds. The third-order valence-electron chi connectivity index (χ3n) is 2.52. The number of aromatic nitrogens is 2. The Balaban J connectivity index is 2.00. The summed E-state index contributed by atoms with van der Waals surface area (Å²) in [6, 6.07) is 10.1. The predicted molar refractivity (Wildman–Crippen MR) is 67.5 cm³/mol. The van der Waals surface area contributed by atoms with Gasteiger partial charge in [-0.05, 0) is 5.56 Å². The first kappa shape index (κ1) is 11.5. The molecular formula is C12H16N4O. The van der Waals surface area contributed by atoms with E-state index in [1.807, 2.05) is 30.3 Å². The molecule has 2 aromatic rings. The third-order valence-corrected chi connectivity index (χ3v) is 2.52. The van der Waals surface area contributed by atoms with E-state index in [1.54, 1.807) is 10.9 Å². The first-order chi connectivity index (χ1) is 8.31. The number of benzene rings is 1. The van der Waals surface area contributed by atoms with Gasteiger partial charge in [-0.2, -0.15) is 5.10 Å². The van der Waals surface area contributed by atoms with Crippen molar-refractivity contribution in [3.63, 3.8) is 0 Å². The molecule has 90 valence electrons. The van der Waals surface area contributed by atoms with Gasteiger partial charge in [-0.3, -0.25) is 0 Å². The smallest absolute Gasteiger partial charge is 0.145 e. The zero-order valence-corrected chi connectivity index (χ0v) is 9.50. The van der Waals surface area contributed by atoms with Crippen LogP contribution in [0.15, 0.2) is 36.5 Å². The Morgan fingerprint density at radius 1 is 1.29 bits per heavy atom. The van der Waals surface area contributed by atoms with Crippen molar-refractivity contribution in [1.82, 2.24) is 9.78 Å². The van der Waals surface area contributed by atoms with Crippen LogP contribution in [-0.4, -0.2) is 21.5 Å². The summed E-state index contributed by atoms with van der Waals surface area (Å²) in [6.45, 7) is 1.15. The van der Waals surface area contributed by atoms with Crippen molar-refractivity contribution in [2.24, 2.45) is 0 Å². The highest BCUT2D eigenvalue weighted by molar-refractivity contribution is 5.61. The maximum Gasteiger partial charge on any atom is 0.145 e. The van der Waals surface area contributed by atoms with Crippen LogP contribution in [0.1, 0.15) is 5.56 Å². The number of nitrogens with one attached hydrogen (secondary N) is 1. The highest BCUT2D eigenvalue weighted by Crippen LogP contribution is 2.17. The fourth-order valence-corrected chi connectivity index (χ4v) is 1.60. The molecule has 0 saturated heterocycles. The molecule has 5 heteroatoms. The van der Waals surface area contributed by atoms with Gasteiger partial charge >= 0.3 is 0 Å². The average Bonchev–Trinajstić information content (AvgIpc) is 2.70. The van der Waals surface area contributed by atoms with Gasteiger partial charge in [0, 0.05) is 6.54 Å². The SMILES string of the molecule is Nc1c(NCc2ccccc2)cnn1CCO. The second kappa shape index (κ2) is 5.36. The minimum Gasteiger partial charge on any atom is -0.394 e. The van der Waals surface area contributed by atoms with Gasteiger partial charge in [0.1, 0.15) is 5.82 Å². The molecule has 0 saturated carbocycles. The Kier molecular flexibility index (Phi) is 3.62. The lowest BCUT2D eigenvalue weighted by Crippen LogP contribution is -2.08. The second-order valence-electron chi connectivity index (χ2n) is 3.73. The van der Waals surface area contributed by atoms with Crippen LogP contribution in [-0.2, 0) is 13.1 Å². The number of hydrogen-bond acceptors (Lipinski definition) is 4. The van der Waals surface area contributed by atoms with Gasteiger partial charge in [0.2, 0.25) is 0 Å². The van der Waals surface area contributed by atoms with Crippen LogP contribution in [0.3, 0.4) is 0 Å². The van der Waals surface area contributed by atoms with E-state index >= 15 is 0 Å². The lowest BCUT2D eigenvalue weighted by Gasteiger charge is -2.06. The molecule has 1 heterocycles. The Labute approximate surface area is 99.9 Å². The van der Waals surface area contributed by atoms with Crippen LogP contribution >= 0.6 is 0 Å². The molecule has 0 bridgehead atoms. The molecule has 4 N–H and O–H groups in total. The molecule has 2 rings (SSSR count). The summed E-state index contributed by atoms with van der Waals surface area (Å²) in [5.74, 6) is 0.551. The largest absolute Gasteiger partial charge is 0.394 e. The number of aliphatic hydroxyl groups excluding tert-OH is 1. The molecule has 0 radical (unpaired) electrons. The van der Waals surface area contributed by atoms with Crippen molar-refractivity contribution in [2.45, 2.75) is 13.1 Å². The molecule has 0 fully saturated rings. The Morgan fingerprint density at radius 3 is 2.76 bits per heavy atom. The van der Waals surface area contributed by atoms with E-state index in [-0.39, 0.29) is 6.61 Å². The Morgan fingerprint density at radius 2 is 2.06 bits per heavy atom. The summed E-state index contributed by atoms with van der Waals surface area (Å²) >= 11 is 0. The van der Waals surface area contributed by atoms with Crippen molar-refractivity contribution < 1.29 is 5.11 Å². The molecule has 1 aromatic carbocycles. The number of nitrogens with zero attached hydrogens (tertiary/aromatic N) is 2. The zero-order valence-electron chi connectivity index (χ0n) is 9.50. The average molecular weight is 232 g/mol. The van der Waals surface area contributed by atoms with Crippen LogP contribution < -0.4 is 11.1 Å². The summed E-state index contributed by atoms with van der Waals surface area (Å²) in [5, 5.41) is 16.1. The van der Waals surface area contributed by atoms with E-state index in [9.17, 15) is 0 Å². The van der Waals surface area contributed by atoms with Crippen LogP contribution in [0.5, 0.6) is 0 Å². The van der Waals surface area contributed by atoms with Gasteiger partial charge in [0.05, 0.1) is 25.0 Å².